The molecule has 3 rings (SSSR count). The van der Waals surface area contributed by atoms with E-state index in [9.17, 15) is 18.0 Å². The van der Waals surface area contributed by atoms with Crippen LogP contribution in [0, 0.1) is 13.8 Å². The van der Waals surface area contributed by atoms with Gasteiger partial charge < -0.3 is 15.8 Å². The number of sulfonamides is 1. The molecule has 2 aromatic carbocycles. The normalized spacial score (nSPS) is 14.7. The molecule has 0 unspecified atom stereocenters. The Morgan fingerprint density at radius 1 is 1.09 bits per heavy atom. The van der Waals surface area contributed by atoms with Crippen molar-refractivity contribution in [1.29, 1.82) is 0 Å². The number of piperazine rings is 1. The first-order chi connectivity index (χ1) is 15.2. The van der Waals surface area contributed by atoms with E-state index in [1.54, 1.807) is 12.1 Å². The summed E-state index contributed by atoms with van der Waals surface area (Å²) < 4.78 is 34.2. The van der Waals surface area contributed by atoms with Gasteiger partial charge in [0, 0.05) is 44.7 Å². The van der Waals surface area contributed by atoms with Gasteiger partial charge in [0.1, 0.15) is 16.4 Å². The zero-order chi connectivity index (χ0) is 23.3. The van der Waals surface area contributed by atoms with Gasteiger partial charge in [-0.2, -0.15) is 4.31 Å². The molecule has 0 bridgehead atoms. The van der Waals surface area contributed by atoms with Crippen LogP contribution in [0.15, 0.2) is 41.3 Å². The number of imide groups is 1. The fourth-order valence-electron chi connectivity index (χ4n) is 3.47. The van der Waals surface area contributed by atoms with Crippen LogP contribution in [0.1, 0.15) is 27.9 Å². The maximum Gasteiger partial charge on any atom is 0.257 e. The molecule has 0 aliphatic carbocycles. The summed E-state index contributed by atoms with van der Waals surface area (Å²) in [6.07, 6.45) is -0.00836. The Balaban J connectivity index is 2.01. The van der Waals surface area contributed by atoms with Crippen LogP contribution in [0.25, 0.3) is 0 Å². The fourth-order valence-corrected chi connectivity index (χ4v) is 5.05. The van der Waals surface area contributed by atoms with Crippen molar-refractivity contribution in [3.05, 3.63) is 53.1 Å². The lowest BCUT2D eigenvalue weighted by atomic mass is 10.1. The molecular formula is C22H28N4O5S. The highest BCUT2D eigenvalue weighted by atomic mass is 32.2. The van der Waals surface area contributed by atoms with Gasteiger partial charge in [0.05, 0.1) is 0 Å². The number of ether oxygens (including phenoxy) is 1. The van der Waals surface area contributed by atoms with Crippen LogP contribution in [0.4, 0.5) is 0 Å². The first-order valence-electron chi connectivity index (χ1n) is 10.4. The molecule has 0 saturated carbocycles. The average Bonchev–Trinajstić information content (AvgIpc) is 2.74. The second-order valence-electron chi connectivity index (χ2n) is 7.66. The van der Waals surface area contributed by atoms with Crippen molar-refractivity contribution in [2.75, 3.05) is 32.7 Å². The zero-order valence-electron chi connectivity index (χ0n) is 18.2. The topological polar surface area (TPSA) is 131 Å². The molecule has 0 atom stereocenters. The minimum atomic E-state index is -3.94. The third-order valence-corrected chi connectivity index (χ3v) is 6.87. The predicted octanol–water partition coefficient (Wildman–Crippen LogP) is 1.29. The van der Waals surface area contributed by atoms with Crippen LogP contribution in [-0.2, 0) is 14.8 Å². The van der Waals surface area contributed by atoms with E-state index in [2.05, 4.69) is 10.6 Å². The maximum absolute atomic E-state index is 13.4. The first kappa shape index (κ1) is 23.9. The van der Waals surface area contributed by atoms with E-state index in [1.165, 1.54) is 22.5 Å². The molecule has 32 heavy (non-hydrogen) atoms. The summed E-state index contributed by atoms with van der Waals surface area (Å²) in [6, 6.07) is 9.72. The number of hydrogen-bond donors (Lipinski definition) is 3. The molecule has 0 spiro atoms. The number of hydrogen-bond acceptors (Lipinski definition) is 7. The zero-order valence-corrected chi connectivity index (χ0v) is 19.0. The Hall–Kier alpha value is -2.79. The third-order valence-electron chi connectivity index (χ3n) is 4.95. The van der Waals surface area contributed by atoms with Gasteiger partial charge in [-0.05, 0) is 55.3 Å². The van der Waals surface area contributed by atoms with Gasteiger partial charge in [-0.1, -0.05) is 6.07 Å². The van der Waals surface area contributed by atoms with Crippen molar-refractivity contribution >= 4 is 21.8 Å². The average molecular weight is 461 g/mol. The summed E-state index contributed by atoms with van der Waals surface area (Å²) in [5.41, 5.74) is 7.33. The molecule has 2 aromatic rings. The Labute approximate surface area is 188 Å². The Kier molecular flexibility index (Phi) is 7.62. The minimum absolute atomic E-state index is 0.00836. The minimum Gasteiger partial charge on any atom is -0.456 e. The van der Waals surface area contributed by atoms with Gasteiger partial charge in [0.15, 0.2) is 0 Å². The number of nitrogens with one attached hydrogen (secondary N) is 2. The molecule has 1 aliphatic rings. The van der Waals surface area contributed by atoms with Crippen LogP contribution in [-0.4, -0.2) is 57.3 Å². The van der Waals surface area contributed by atoms with Gasteiger partial charge in [0.2, 0.25) is 15.9 Å². The standard InChI is InChI=1S/C22H28N4O5S/c1-15-11-16(2)13-18(12-15)31-19-4-3-17(22(28)25-21(27)5-6-23)14-20(19)32(29,30)26-9-7-24-8-10-26/h3-4,11-14,24H,5-10,23H2,1-2H3,(H,25,27,28). The van der Waals surface area contributed by atoms with Crippen molar-refractivity contribution in [2.24, 2.45) is 5.73 Å². The van der Waals surface area contributed by atoms with Crippen molar-refractivity contribution < 1.29 is 22.7 Å². The van der Waals surface area contributed by atoms with E-state index in [1.807, 2.05) is 19.9 Å². The predicted molar refractivity (Wildman–Crippen MR) is 120 cm³/mol. The molecule has 1 heterocycles. The number of carbonyl (C=O) groups excluding carboxylic acids is 2. The fraction of sp³-hybridized carbons (Fsp3) is 0.364. The number of carbonyl (C=O) groups is 2. The summed E-state index contributed by atoms with van der Waals surface area (Å²) >= 11 is 0. The molecule has 1 aliphatic heterocycles. The van der Waals surface area contributed by atoms with E-state index in [0.717, 1.165) is 11.1 Å². The highest BCUT2D eigenvalue weighted by Crippen LogP contribution is 2.33. The summed E-state index contributed by atoms with van der Waals surface area (Å²) in [5.74, 6) is -0.620. The number of aryl methyl sites for hydroxylation is 2. The van der Waals surface area contributed by atoms with Crippen molar-refractivity contribution in [3.8, 4) is 11.5 Å². The van der Waals surface area contributed by atoms with Crippen molar-refractivity contribution in [2.45, 2.75) is 25.2 Å². The van der Waals surface area contributed by atoms with Gasteiger partial charge in [-0.3, -0.25) is 14.9 Å². The van der Waals surface area contributed by atoms with E-state index in [-0.39, 0.29) is 29.2 Å². The quantitative estimate of drug-likeness (QED) is 0.567. The summed E-state index contributed by atoms with van der Waals surface area (Å²) in [7, 11) is -3.94. The summed E-state index contributed by atoms with van der Waals surface area (Å²) in [5, 5.41) is 5.34. The lowest BCUT2D eigenvalue weighted by molar-refractivity contribution is -0.119. The molecule has 4 N–H and O–H groups in total. The Bertz CT molecular complexity index is 1090. The van der Waals surface area contributed by atoms with Crippen molar-refractivity contribution in [3.63, 3.8) is 0 Å². The van der Waals surface area contributed by atoms with Gasteiger partial charge in [-0.15, -0.1) is 0 Å². The third kappa shape index (κ3) is 5.71. The van der Waals surface area contributed by atoms with E-state index >= 15 is 0 Å². The summed E-state index contributed by atoms with van der Waals surface area (Å²) in [6.45, 7) is 5.60. The second kappa shape index (κ2) is 10.2. The van der Waals surface area contributed by atoms with Gasteiger partial charge in [-0.25, -0.2) is 8.42 Å². The van der Waals surface area contributed by atoms with Crippen LogP contribution in [0.2, 0.25) is 0 Å². The lowest BCUT2D eigenvalue weighted by Gasteiger charge is -2.27. The van der Waals surface area contributed by atoms with Crippen LogP contribution >= 0.6 is 0 Å². The van der Waals surface area contributed by atoms with E-state index in [0.29, 0.717) is 31.9 Å². The number of nitrogens with zero attached hydrogens (tertiary/aromatic N) is 1. The molecule has 2 amide bonds. The molecule has 9 nitrogen and oxygen atoms in total. The van der Waals surface area contributed by atoms with Crippen LogP contribution in [0.5, 0.6) is 11.5 Å². The second-order valence-corrected chi connectivity index (χ2v) is 9.56. The van der Waals surface area contributed by atoms with Crippen LogP contribution in [0.3, 0.4) is 0 Å². The maximum atomic E-state index is 13.4. The Morgan fingerprint density at radius 2 is 1.75 bits per heavy atom. The molecule has 0 radical (unpaired) electrons. The SMILES string of the molecule is Cc1cc(C)cc(Oc2ccc(C(=O)NC(=O)CCN)cc2S(=O)(=O)N2CCNCC2)c1. The highest BCUT2D eigenvalue weighted by Gasteiger charge is 2.30. The molecule has 1 saturated heterocycles. The lowest BCUT2D eigenvalue weighted by Crippen LogP contribution is -2.46. The van der Waals surface area contributed by atoms with Gasteiger partial charge >= 0.3 is 0 Å². The van der Waals surface area contributed by atoms with Crippen molar-refractivity contribution in [1.82, 2.24) is 14.9 Å². The number of rotatable bonds is 7. The Morgan fingerprint density at radius 3 is 2.38 bits per heavy atom. The smallest absolute Gasteiger partial charge is 0.257 e. The molecule has 10 heteroatoms. The largest absolute Gasteiger partial charge is 0.456 e. The van der Waals surface area contributed by atoms with Crippen LogP contribution < -0.4 is 21.1 Å². The highest BCUT2D eigenvalue weighted by molar-refractivity contribution is 7.89. The summed E-state index contributed by atoms with van der Waals surface area (Å²) in [4.78, 5) is 24.1. The van der Waals surface area contributed by atoms with E-state index in [4.69, 9.17) is 10.5 Å². The number of nitrogens with two attached hydrogens (primary N) is 1. The number of amides is 2. The monoisotopic (exact) mass is 460 g/mol. The first-order valence-corrected chi connectivity index (χ1v) is 11.8. The van der Waals surface area contributed by atoms with E-state index < -0.39 is 21.8 Å². The molecular weight excluding hydrogens is 432 g/mol. The molecule has 1 fully saturated rings. The molecule has 0 aromatic heterocycles. The molecule has 172 valence electrons. The van der Waals surface area contributed by atoms with Gasteiger partial charge in [0.25, 0.3) is 5.91 Å². The number of benzene rings is 2.